The summed E-state index contributed by atoms with van der Waals surface area (Å²) in [5, 5.41) is 9.37. The lowest BCUT2D eigenvalue weighted by atomic mass is 9.36. The van der Waals surface area contributed by atoms with Crippen LogP contribution < -0.4 is 0 Å². The summed E-state index contributed by atoms with van der Waals surface area (Å²) >= 11 is 0. The normalized spacial score (nSPS) is 42.8. The maximum Gasteiger partial charge on any atom is 0.306 e. The summed E-state index contributed by atoms with van der Waals surface area (Å²) in [4.78, 5) is 43.6. The molecular formula is C45H74N2O5. The van der Waals surface area contributed by atoms with E-state index in [0.29, 0.717) is 41.7 Å². The molecule has 2 bridgehead atoms. The Hall–Kier alpha value is -1.89. The Labute approximate surface area is 316 Å². The zero-order valence-electron chi connectivity index (χ0n) is 34.7. The van der Waals surface area contributed by atoms with Gasteiger partial charge in [0.15, 0.2) is 0 Å². The summed E-state index contributed by atoms with van der Waals surface area (Å²) in [6.07, 6.45) is 14.3. The second-order valence-electron chi connectivity index (χ2n) is 21.5. The number of piperazine rings is 1. The number of hydrogen-bond acceptors (Lipinski definition) is 5. The van der Waals surface area contributed by atoms with Gasteiger partial charge in [-0.3, -0.25) is 19.3 Å². The van der Waals surface area contributed by atoms with E-state index in [-0.39, 0.29) is 52.0 Å². The fourth-order valence-electron chi connectivity index (χ4n) is 14.5. The summed E-state index contributed by atoms with van der Waals surface area (Å²) in [6.45, 7) is 27.4. The SMILES string of the molecule is C=C(C)[C@@H]1CC[C@]2(CC(=O)N3CC4CC3CN4C)CC[C@@](C)([C@]3(C)CC[C@H]4C(C)(C)[C@@H](OC(=O)CC(C)(C)CC(=O)O)CC[C@]4(C)[C@H]3CCC)C[C@@H]12. The van der Waals surface area contributed by atoms with Crippen LogP contribution in [0.2, 0.25) is 0 Å². The molecule has 0 spiro atoms. The number of nitrogens with zero attached hydrogens (tertiary/aromatic N) is 2. The van der Waals surface area contributed by atoms with Gasteiger partial charge in [0.05, 0.1) is 12.8 Å². The van der Waals surface area contributed by atoms with Crippen molar-refractivity contribution < 1.29 is 24.2 Å². The smallest absolute Gasteiger partial charge is 0.306 e. The molecule has 1 N–H and O–H groups in total. The highest BCUT2D eigenvalue weighted by Gasteiger charge is 2.67. The predicted molar refractivity (Wildman–Crippen MR) is 207 cm³/mol. The van der Waals surface area contributed by atoms with Crippen LogP contribution in [0, 0.1) is 56.2 Å². The molecule has 11 atom stereocenters. The second-order valence-corrected chi connectivity index (χ2v) is 21.5. The summed E-state index contributed by atoms with van der Waals surface area (Å²) in [7, 11) is 2.22. The van der Waals surface area contributed by atoms with Gasteiger partial charge in [-0.15, -0.1) is 0 Å². The van der Waals surface area contributed by atoms with Gasteiger partial charge in [0.2, 0.25) is 5.91 Å². The Morgan fingerprint density at radius 3 is 2.23 bits per heavy atom. The van der Waals surface area contributed by atoms with E-state index in [9.17, 15) is 19.5 Å². The number of rotatable bonds is 11. The number of carboxylic acid groups (broad SMARTS) is 1. The van der Waals surface area contributed by atoms with Crippen LogP contribution in [0.5, 0.6) is 0 Å². The van der Waals surface area contributed by atoms with Gasteiger partial charge in [-0.2, -0.15) is 0 Å². The zero-order valence-corrected chi connectivity index (χ0v) is 34.7. The highest BCUT2D eigenvalue weighted by atomic mass is 16.5. The molecular weight excluding hydrogens is 649 g/mol. The number of likely N-dealkylation sites (N-methyl/N-ethyl adjacent to an activating group) is 1. The average Bonchev–Trinajstić information content (AvgIpc) is 3.72. The topological polar surface area (TPSA) is 87.2 Å². The first-order valence-electron chi connectivity index (χ1n) is 21.2. The standard InChI is InChI=1S/C45H74N2O5/c1-12-13-35-43(9)17-16-36(52-39(51)26-40(4,5)25-38(49)50)41(6,7)34(43)15-18-44(35,10)42(8)20-21-45(19-14-32(29(2)3)33(45)23-42)24-37(48)47-28-30-22-31(47)27-46(30)11/h30-36H,2,12-28H2,1,3-11H3,(H,49,50)/t30?,31?,32-,33-,34-,35+,36-,42+,43-,44+,45+/m0/s1. The van der Waals surface area contributed by atoms with Crippen molar-refractivity contribution in [3.05, 3.63) is 12.2 Å². The number of fused-ring (bicyclic) bond motifs is 4. The number of carbonyl (C=O) groups excluding carboxylic acids is 2. The zero-order chi connectivity index (χ0) is 38.2. The summed E-state index contributed by atoms with van der Waals surface area (Å²) < 4.78 is 6.31. The minimum Gasteiger partial charge on any atom is -0.481 e. The molecule has 0 radical (unpaired) electrons. The number of carboxylic acids is 1. The minimum absolute atomic E-state index is 0.0462. The third-order valence-corrected chi connectivity index (χ3v) is 17.5. The molecule has 6 aliphatic rings. The van der Waals surface area contributed by atoms with Gasteiger partial charge in [0.1, 0.15) is 6.10 Å². The molecule has 2 unspecified atom stereocenters. The lowest BCUT2D eigenvalue weighted by molar-refractivity contribution is -0.219. The van der Waals surface area contributed by atoms with Crippen molar-refractivity contribution in [1.82, 2.24) is 9.80 Å². The van der Waals surface area contributed by atoms with Crippen LogP contribution in [-0.4, -0.2) is 71.1 Å². The number of carbonyl (C=O) groups is 3. The van der Waals surface area contributed by atoms with Crippen molar-refractivity contribution in [2.75, 3.05) is 20.1 Å². The molecule has 2 saturated heterocycles. The Balaban J connectivity index is 1.23. The van der Waals surface area contributed by atoms with E-state index < -0.39 is 11.4 Å². The largest absolute Gasteiger partial charge is 0.481 e. The molecule has 294 valence electrons. The molecule has 6 rings (SSSR count). The molecule has 52 heavy (non-hydrogen) atoms. The molecule has 0 aromatic carbocycles. The van der Waals surface area contributed by atoms with Gasteiger partial charge in [-0.05, 0) is 135 Å². The van der Waals surface area contributed by atoms with Crippen molar-refractivity contribution in [2.45, 2.75) is 177 Å². The first-order chi connectivity index (χ1) is 24.1. The third-order valence-electron chi connectivity index (χ3n) is 17.5. The lowest BCUT2D eigenvalue weighted by Crippen LogP contribution is -2.63. The van der Waals surface area contributed by atoms with Crippen LogP contribution in [-0.2, 0) is 19.1 Å². The van der Waals surface area contributed by atoms with Crippen molar-refractivity contribution >= 4 is 17.8 Å². The molecule has 4 aliphatic carbocycles. The number of ether oxygens (including phenoxy) is 1. The van der Waals surface area contributed by atoms with Crippen LogP contribution in [0.3, 0.4) is 0 Å². The van der Waals surface area contributed by atoms with E-state index in [1.807, 2.05) is 13.8 Å². The van der Waals surface area contributed by atoms with E-state index in [0.717, 1.165) is 58.0 Å². The molecule has 2 aliphatic heterocycles. The summed E-state index contributed by atoms with van der Waals surface area (Å²) in [5.41, 5.74) is 1.09. The average molecular weight is 723 g/mol. The molecule has 6 fully saturated rings. The van der Waals surface area contributed by atoms with Crippen LogP contribution in [0.1, 0.15) is 159 Å². The van der Waals surface area contributed by atoms with Crippen LogP contribution in [0.15, 0.2) is 12.2 Å². The van der Waals surface area contributed by atoms with Gasteiger partial charge in [-0.25, -0.2) is 0 Å². The number of likely N-dealkylation sites (tertiary alicyclic amines) is 2. The van der Waals surface area contributed by atoms with E-state index >= 15 is 0 Å². The Morgan fingerprint density at radius 1 is 0.923 bits per heavy atom. The van der Waals surface area contributed by atoms with Crippen molar-refractivity contribution in [3.63, 3.8) is 0 Å². The Bertz CT molecular complexity index is 1420. The van der Waals surface area contributed by atoms with Gasteiger partial charge in [-0.1, -0.05) is 74.0 Å². The quantitative estimate of drug-likeness (QED) is 0.169. The van der Waals surface area contributed by atoms with E-state index in [4.69, 9.17) is 4.74 Å². The second kappa shape index (κ2) is 13.7. The highest BCUT2D eigenvalue weighted by molar-refractivity contribution is 5.78. The molecule has 1 amide bonds. The molecule has 7 heteroatoms. The number of amides is 1. The van der Waals surface area contributed by atoms with Gasteiger partial charge in [0, 0.05) is 37.0 Å². The van der Waals surface area contributed by atoms with E-state index in [1.54, 1.807) is 0 Å². The highest BCUT2D eigenvalue weighted by Crippen LogP contribution is 2.74. The van der Waals surface area contributed by atoms with Crippen LogP contribution >= 0.6 is 0 Å². The van der Waals surface area contributed by atoms with Crippen molar-refractivity contribution in [2.24, 2.45) is 56.2 Å². The monoisotopic (exact) mass is 723 g/mol. The molecule has 2 heterocycles. The van der Waals surface area contributed by atoms with Gasteiger partial charge in [0.25, 0.3) is 0 Å². The summed E-state index contributed by atoms with van der Waals surface area (Å²) in [5.74, 6) is 1.30. The maximum absolute atomic E-state index is 14.2. The van der Waals surface area contributed by atoms with Crippen LogP contribution in [0.4, 0.5) is 0 Å². The van der Waals surface area contributed by atoms with Gasteiger partial charge < -0.3 is 14.7 Å². The summed E-state index contributed by atoms with van der Waals surface area (Å²) in [6, 6.07) is 0.944. The number of aliphatic carboxylic acids is 1. The fourth-order valence-corrected chi connectivity index (χ4v) is 14.5. The number of esters is 1. The fraction of sp³-hybridized carbons (Fsp3) is 0.889. The maximum atomic E-state index is 14.2. The van der Waals surface area contributed by atoms with Gasteiger partial charge >= 0.3 is 11.9 Å². The third kappa shape index (κ3) is 6.61. The van der Waals surface area contributed by atoms with Crippen LogP contribution in [0.25, 0.3) is 0 Å². The van der Waals surface area contributed by atoms with Crippen molar-refractivity contribution in [1.29, 1.82) is 0 Å². The molecule has 0 aromatic rings. The molecule has 7 nitrogen and oxygen atoms in total. The Kier molecular flexibility index (Phi) is 10.5. The predicted octanol–water partition coefficient (Wildman–Crippen LogP) is 9.53. The van der Waals surface area contributed by atoms with Crippen molar-refractivity contribution in [3.8, 4) is 0 Å². The first-order valence-corrected chi connectivity index (χ1v) is 21.2. The Morgan fingerprint density at radius 2 is 1.63 bits per heavy atom. The molecule has 0 aromatic heterocycles. The van der Waals surface area contributed by atoms with E-state index in [2.05, 4.69) is 71.9 Å². The lowest BCUT2D eigenvalue weighted by Gasteiger charge is -2.69. The number of hydrogen-bond donors (Lipinski definition) is 1. The molecule has 4 saturated carbocycles. The van der Waals surface area contributed by atoms with E-state index in [1.165, 1.54) is 44.1 Å². The first kappa shape index (κ1) is 39.8. The minimum atomic E-state index is -0.880. The number of allylic oxidation sites excluding steroid dienone is 1.